The largest absolute Gasteiger partial charge is 0.497 e. The van der Waals surface area contributed by atoms with Crippen LogP contribution in [0.4, 0.5) is 4.79 Å². The van der Waals surface area contributed by atoms with Gasteiger partial charge in [-0.2, -0.15) is 0 Å². The summed E-state index contributed by atoms with van der Waals surface area (Å²) < 4.78 is 10.5. The van der Waals surface area contributed by atoms with Crippen LogP contribution >= 0.6 is 0 Å². The van der Waals surface area contributed by atoms with Gasteiger partial charge in [0.25, 0.3) is 0 Å². The van der Waals surface area contributed by atoms with Crippen LogP contribution in [0.5, 0.6) is 11.5 Å². The molecule has 1 aliphatic heterocycles. The van der Waals surface area contributed by atoms with Crippen molar-refractivity contribution in [1.82, 2.24) is 10.2 Å². The van der Waals surface area contributed by atoms with Crippen LogP contribution in [0.2, 0.25) is 0 Å². The van der Waals surface area contributed by atoms with Crippen LogP contribution in [0.25, 0.3) is 0 Å². The minimum atomic E-state index is -0.0293. The van der Waals surface area contributed by atoms with E-state index in [-0.39, 0.29) is 12.1 Å². The van der Waals surface area contributed by atoms with E-state index in [4.69, 9.17) is 9.47 Å². The molecule has 0 saturated carbocycles. The molecule has 0 spiro atoms. The Hall–Kier alpha value is -1.91. The first-order valence-electron chi connectivity index (χ1n) is 5.97. The predicted octanol–water partition coefficient (Wildman–Crippen LogP) is 1.79. The lowest BCUT2D eigenvalue weighted by molar-refractivity contribution is 0.219. The van der Waals surface area contributed by atoms with E-state index in [1.165, 1.54) is 0 Å². The number of urea groups is 1. The van der Waals surface area contributed by atoms with Gasteiger partial charge in [-0.05, 0) is 19.1 Å². The van der Waals surface area contributed by atoms with E-state index >= 15 is 0 Å². The number of nitrogens with zero attached hydrogens (tertiary/aromatic N) is 1. The molecule has 2 amide bonds. The molecule has 5 heteroatoms. The van der Waals surface area contributed by atoms with Crippen molar-refractivity contribution < 1.29 is 14.3 Å². The lowest BCUT2D eigenvalue weighted by Crippen LogP contribution is -2.27. The van der Waals surface area contributed by atoms with Gasteiger partial charge >= 0.3 is 6.03 Å². The molecule has 0 radical (unpaired) electrons. The molecule has 1 aliphatic rings. The van der Waals surface area contributed by atoms with Crippen LogP contribution in [0.1, 0.15) is 18.5 Å². The number of amides is 2. The summed E-state index contributed by atoms with van der Waals surface area (Å²) >= 11 is 0. The topological polar surface area (TPSA) is 50.8 Å². The highest BCUT2D eigenvalue weighted by Gasteiger charge is 2.30. The fourth-order valence-corrected chi connectivity index (χ4v) is 2.14. The number of hydrogen-bond acceptors (Lipinski definition) is 3. The minimum Gasteiger partial charge on any atom is -0.497 e. The maximum Gasteiger partial charge on any atom is 0.318 e. The molecule has 0 bridgehead atoms. The molecule has 0 aliphatic carbocycles. The molecule has 18 heavy (non-hydrogen) atoms. The third-order valence-corrected chi connectivity index (χ3v) is 3.19. The third-order valence-electron chi connectivity index (χ3n) is 3.19. The van der Waals surface area contributed by atoms with Crippen molar-refractivity contribution in [3.63, 3.8) is 0 Å². The van der Waals surface area contributed by atoms with Gasteiger partial charge < -0.3 is 19.7 Å². The van der Waals surface area contributed by atoms with Crippen molar-refractivity contribution >= 4 is 6.03 Å². The molecule has 1 aromatic rings. The van der Waals surface area contributed by atoms with Gasteiger partial charge in [0.05, 0.1) is 20.3 Å². The molecule has 1 heterocycles. The summed E-state index contributed by atoms with van der Waals surface area (Å²) in [4.78, 5) is 13.4. The normalized spacial score (nSPS) is 18.7. The van der Waals surface area contributed by atoms with E-state index in [9.17, 15) is 4.79 Å². The molecule has 1 fully saturated rings. The molecule has 0 aromatic heterocycles. The summed E-state index contributed by atoms with van der Waals surface area (Å²) in [6, 6.07) is 5.58. The first-order valence-corrected chi connectivity index (χ1v) is 5.97. The van der Waals surface area contributed by atoms with Gasteiger partial charge in [0.15, 0.2) is 0 Å². The summed E-state index contributed by atoms with van der Waals surface area (Å²) in [6.07, 6.45) is 0. The smallest absolute Gasteiger partial charge is 0.318 e. The lowest BCUT2D eigenvalue weighted by atomic mass is 10.1. The van der Waals surface area contributed by atoms with Gasteiger partial charge in [0.2, 0.25) is 0 Å². The highest BCUT2D eigenvalue weighted by molar-refractivity contribution is 5.77. The zero-order chi connectivity index (χ0) is 13.1. The van der Waals surface area contributed by atoms with Crippen molar-refractivity contribution in [2.75, 3.05) is 27.3 Å². The molecule has 1 unspecified atom stereocenters. The Labute approximate surface area is 107 Å². The molecule has 5 nitrogen and oxygen atoms in total. The molecular formula is C13H18N2O3. The Bertz CT molecular complexity index is 448. The van der Waals surface area contributed by atoms with E-state index in [1.807, 2.05) is 25.1 Å². The highest BCUT2D eigenvalue weighted by Crippen LogP contribution is 2.31. The molecule has 1 N–H and O–H groups in total. The van der Waals surface area contributed by atoms with E-state index in [1.54, 1.807) is 19.1 Å². The molecule has 1 aromatic carbocycles. The predicted molar refractivity (Wildman–Crippen MR) is 68.1 cm³/mol. The second-order valence-corrected chi connectivity index (χ2v) is 4.15. The maximum absolute atomic E-state index is 11.7. The zero-order valence-electron chi connectivity index (χ0n) is 10.9. The van der Waals surface area contributed by atoms with E-state index in [0.717, 1.165) is 17.1 Å². The second-order valence-electron chi connectivity index (χ2n) is 4.15. The Morgan fingerprint density at radius 2 is 2.17 bits per heavy atom. The number of carbonyl (C=O) groups excluding carboxylic acids is 1. The number of methoxy groups -OCH3 is 2. The molecule has 98 valence electrons. The van der Waals surface area contributed by atoms with Crippen LogP contribution in [-0.4, -0.2) is 38.2 Å². The molecule has 2 rings (SSSR count). The highest BCUT2D eigenvalue weighted by atomic mass is 16.5. The van der Waals surface area contributed by atoms with E-state index < -0.39 is 0 Å². The first-order chi connectivity index (χ1) is 8.69. The van der Waals surface area contributed by atoms with Crippen molar-refractivity contribution in [2.45, 2.75) is 13.0 Å². The number of likely N-dealkylation sites (N-methyl/N-ethyl adjacent to an activating group) is 1. The Morgan fingerprint density at radius 3 is 2.72 bits per heavy atom. The Balaban J connectivity index is 2.26. The SMILES string of the molecule is CCN1CC(c2ccc(OC)cc2OC)NC1=O. The summed E-state index contributed by atoms with van der Waals surface area (Å²) in [5.74, 6) is 1.48. The number of benzene rings is 1. The summed E-state index contributed by atoms with van der Waals surface area (Å²) in [6.45, 7) is 3.34. The zero-order valence-corrected chi connectivity index (χ0v) is 10.9. The van der Waals surface area contributed by atoms with Crippen LogP contribution in [0, 0.1) is 0 Å². The van der Waals surface area contributed by atoms with Crippen LogP contribution < -0.4 is 14.8 Å². The minimum absolute atomic E-state index is 0.0274. The molecule has 1 atom stereocenters. The standard InChI is InChI=1S/C13H18N2O3/c1-4-15-8-11(14-13(15)16)10-6-5-9(17-2)7-12(10)18-3/h5-7,11H,4,8H2,1-3H3,(H,14,16). The monoisotopic (exact) mass is 250 g/mol. The van der Waals surface area contributed by atoms with E-state index in [2.05, 4.69) is 5.32 Å². The van der Waals surface area contributed by atoms with Crippen molar-refractivity contribution in [3.05, 3.63) is 23.8 Å². The number of carbonyl (C=O) groups is 1. The van der Waals surface area contributed by atoms with Crippen LogP contribution in [0.15, 0.2) is 18.2 Å². The quantitative estimate of drug-likeness (QED) is 0.886. The average Bonchev–Trinajstić information content (AvgIpc) is 2.79. The van der Waals surface area contributed by atoms with Crippen molar-refractivity contribution in [2.24, 2.45) is 0 Å². The first kappa shape index (κ1) is 12.5. The van der Waals surface area contributed by atoms with Gasteiger partial charge in [0.1, 0.15) is 11.5 Å². The van der Waals surface area contributed by atoms with Gasteiger partial charge in [0, 0.05) is 24.7 Å². The summed E-state index contributed by atoms with van der Waals surface area (Å²) in [7, 11) is 3.23. The fraction of sp³-hybridized carbons (Fsp3) is 0.462. The number of hydrogen-bond donors (Lipinski definition) is 1. The Morgan fingerprint density at radius 1 is 1.39 bits per heavy atom. The van der Waals surface area contributed by atoms with Crippen molar-refractivity contribution in [1.29, 1.82) is 0 Å². The average molecular weight is 250 g/mol. The van der Waals surface area contributed by atoms with Gasteiger partial charge in [-0.25, -0.2) is 4.79 Å². The van der Waals surface area contributed by atoms with Gasteiger partial charge in [-0.3, -0.25) is 0 Å². The van der Waals surface area contributed by atoms with E-state index in [0.29, 0.717) is 13.1 Å². The van der Waals surface area contributed by atoms with Crippen molar-refractivity contribution in [3.8, 4) is 11.5 Å². The lowest BCUT2D eigenvalue weighted by Gasteiger charge is -2.15. The molecule has 1 saturated heterocycles. The fourth-order valence-electron chi connectivity index (χ4n) is 2.14. The van der Waals surface area contributed by atoms with Gasteiger partial charge in [-0.15, -0.1) is 0 Å². The van der Waals surface area contributed by atoms with Crippen LogP contribution in [0.3, 0.4) is 0 Å². The summed E-state index contributed by atoms with van der Waals surface area (Å²) in [5, 5.41) is 2.95. The summed E-state index contributed by atoms with van der Waals surface area (Å²) in [5.41, 5.74) is 0.975. The number of rotatable bonds is 4. The third kappa shape index (κ3) is 2.20. The van der Waals surface area contributed by atoms with Gasteiger partial charge in [-0.1, -0.05) is 0 Å². The maximum atomic E-state index is 11.7. The van der Waals surface area contributed by atoms with Crippen LogP contribution in [-0.2, 0) is 0 Å². The number of nitrogens with one attached hydrogen (secondary N) is 1. The second kappa shape index (κ2) is 5.16. The Kier molecular flexibility index (Phi) is 3.60. The molecular weight excluding hydrogens is 232 g/mol. The number of ether oxygens (including phenoxy) is 2.